The van der Waals surface area contributed by atoms with E-state index in [-0.39, 0.29) is 43.3 Å². The average molecular weight is 516 g/mol. The molecule has 4 rings (SSSR count). The van der Waals surface area contributed by atoms with E-state index in [1.807, 2.05) is 11.8 Å². The number of ether oxygens (including phenoxy) is 1. The number of fused-ring (bicyclic) bond motifs is 1. The number of unbranched alkanes of at least 4 members (excludes halogenated alkanes) is 1. The van der Waals surface area contributed by atoms with E-state index in [1.54, 1.807) is 35.1 Å². The van der Waals surface area contributed by atoms with E-state index in [9.17, 15) is 19.2 Å². The Balaban J connectivity index is 1.14. The summed E-state index contributed by atoms with van der Waals surface area (Å²) in [6.45, 7) is -0.310. The van der Waals surface area contributed by atoms with Gasteiger partial charge in [0.15, 0.2) is 12.4 Å². The molecule has 0 bridgehead atoms. The van der Waals surface area contributed by atoms with Gasteiger partial charge in [0.2, 0.25) is 0 Å². The van der Waals surface area contributed by atoms with Crippen molar-refractivity contribution < 1.29 is 29.0 Å². The average Bonchev–Trinajstić information content (AvgIpc) is 3.57. The minimum absolute atomic E-state index is 0.0769. The summed E-state index contributed by atoms with van der Waals surface area (Å²) in [6.07, 6.45) is 5.50. The Morgan fingerprint density at radius 3 is 2.69 bits per heavy atom. The first kappa shape index (κ1) is 25.7. The van der Waals surface area contributed by atoms with Crippen LogP contribution in [0.15, 0.2) is 30.5 Å². The lowest BCUT2D eigenvalue weighted by molar-refractivity contribution is -0.142. The molecule has 12 heteroatoms. The summed E-state index contributed by atoms with van der Waals surface area (Å²) in [5.74, 6) is -0.621. The maximum absolute atomic E-state index is 12.4. The number of hydrogen-bond donors (Lipinski definition) is 3. The number of hydrogen-bond acceptors (Lipinski definition) is 8. The van der Waals surface area contributed by atoms with Crippen molar-refractivity contribution >= 4 is 35.5 Å². The van der Waals surface area contributed by atoms with Gasteiger partial charge in [-0.15, -0.1) is 5.10 Å². The van der Waals surface area contributed by atoms with Crippen molar-refractivity contribution in [1.82, 2.24) is 25.6 Å². The van der Waals surface area contributed by atoms with Crippen molar-refractivity contribution in [2.75, 3.05) is 12.4 Å². The summed E-state index contributed by atoms with van der Waals surface area (Å²) in [5.41, 5.74) is 1.82. The molecule has 1 aromatic heterocycles. The highest BCUT2D eigenvalue weighted by atomic mass is 32.2. The van der Waals surface area contributed by atoms with E-state index >= 15 is 0 Å². The summed E-state index contributed by atoms with van der Waals surface area (Å²) in [6, 6.07) is 6.98. The molecule has 36 heavy (non-hydrogen) atoms. The molecular weight excluding hydrogens is 486 g/mol. The van der Waals surface area contributed by atoms with E-state index < -0.39 is 11.9 Å². The molecule has 2 aliphatic heterocycles. The maximum atomic E-state index is 12.4. The number of aromatic nitrogens is 3. The number of rotatable bonds is 13. The van der Waals surface area contributed by atoms with Crippen LogP contribution in [-0.4, -0.2) is 73.5 Å². The number of esters is 1. The number of nitrogens with zero attached hydrogens (tertiary/aromatic N) is 3. The predicted molar refractivity (Wildman–Crippen MR) is 131 cm³/mol. The van der Waals surface area contributed by atoms with Crippen molar-refractivity contribution in [2.45, 2.75) is 62.3 Å². The highest BCUT2D eigenvalue weighted by molar-refractivity contribution is 8.00. The van der Waals surface area contributed by atoms with Gasteiger partial charge in [-0.1, -0.05) is 11.6 Å². The largest absolute Gasteiger partial charge is 0.481 e. The molecule has 0 saturated carbocycles. The number of thioether (sulfide) groups is 1. The van der Waals surface area contributed by atoms with Crippen LogP contribution in [0.25, 0.3) is 5.69 Å². The van der Waals surface area contributed by atoms with Gasteiger partial charge in [-0.2, -0.15) is 11.8 Å². The van der Waals surface area contributed by atoms with Crippen LogP contribution < -0.4 is 10.6 Å². The Bertz CT molecular complexity index is 1100. The minimum atomic E-state index is -0.843. The molecule has 0 aliphatic carbocycles. The molecule has 1 aromatic carbocycles. The fourth-order valence-electron chi connectivity index (χ4n) is 4.32. The second kappa shape index (κ2) is 12.0. The molecule has 2 saturated heterocycles. The maximum Gasteiger partial charge on any atom is 0.315 e. The number of aliphatic carboxylic acids is 1. The second-order valence-corrected chi connectivity index (χ2v) is 10.2. The third kappa shape index (κ3) is 6.84. The summed E-state index contributed by atoms with van der Waals surface area (Å²) >= 11 is 1.85. The molecule has 2 amide bonds. The monoisotopic (exact) mass is 515 g/mol. The summed E-state index contributed by atoms with van der Waals surface area (Å²) in [5, 5.41) is 23.0. The second-order valence-electron chi connectivity index (χ2n) is 8.90. The van der Waals surface area contributed by atoms with Crippen LogP contribution in [0.2, 0.25) is 0 Å². The number of amides is 2. The van der Waals surface area contributed by atoms with Crippen molar-refractivity contribution in [3.05, 3.63) is 41.7 Å². The van der Waals surface area contributed by atoms with Gasteiger partial charge in [-0.05, 0) is 49.9 Å². The summed E-state index contributed by atoms with van der Waals surface area (Å²) < 4.78 is 6.72. The number of carboxylic acids is 1. The molecule has 2 aromatic rings. The smallest absolute Gasteiger partial charge is 0.315 e. The van der Waals surface area contributed by atoms with E-state index in [1.165, 1.54) is 0 Å². The van der Waals surface area contributed by atoms with E-state index in [4.69, 9.17) is 9.84 Å². The van der Waals surface area contributed by atoms with Crippen molar-refractivity contribution in [3.8, 4) is 5.69 Å². The quantitative estimate of drug-likeness (QED) is 0.158. The normalized spacial score (nSPS) is 20.4. The van der Waals surface area contributed by atoms with Gasteiger partial charge in [-0.25, -0.2) is 9.48 Å². The minimum Gasteiger partial charge on any atom is -0.481 e. The number of Topliss-reactive ketones (excluding diaryl/α,β-unsaturated/α-hetero) is 1. The molecule has 0 spiro atoms. The number of nitrogens with one attached hydrogen (secondary N) is 2. The van der Waals surface area contributed by atoms with Crippen LogP contribution in [0.1, 0.15) is 54.6 Å². The number of aryl methyl sites for hydroxylation is 1. The number of ketones is 1. The Morgan fingerprint density at radius 1 is 1.11 bits per heavy atom. The third-order valence-corrected chi connectivity index (χ3v) is 7.75. The zero-order chi connectivity index (χ0) is 25.5. The lowest BCUT2D eigenvalue weighted by atomic mass is 10.0. The third-order valence-electron chi connectivity index (χ3n) is 6.24. The molecule has 192 valence electrons. The standard InChI is InChI=1S/C24H29N5O6S/c30-19(13-35-22(33)7-2-1-5-20-23-18(14-36-20)25-24(34)26-23)15-8-10-17(11-9-15)29-12-16(27-28-29)4-3-6-21(31)32/h8-12,18,20,23H,1-7,13-14H2,(H,31,32)(H2,25,26,34)/t18-,20-,23-/m0/s1. The Hall–Kier alpha value is -3.41. The molecular formula is C24H29N5O6S. The molecule has 3 heterocycles. The lowest BCUT2D eigenvalue weighted by Crippen LogP contribution is -2.36. The van der Waals surface area contributed by atoms with Crippen molar-refractivity contribution in [3.63, 3.8) is 0 Å². The predicted octanol–water partition coefficient (Wildman–Crippen LogP) is 2.13. The van der Waals surface area contributed by atoms with E-state index in [0.29, 0.717) is 41.5 Å². The zero-order valence-electron chi connectivity index (χ0n) is 19.7. The highest BCUT2D eigenvalue weighted by Gasteiger charge is 2.42. The molecule has 0 unspecified atom stereocenters. The topological polar surface area (TPSA) is 153 Å². The number of urea groups is 1. The van der Waals surface area contributed by atoms with Crippen LogP contribution in [0.5, 0.6) is 0 Å². The van der Waals surface area contributed by atoms with Gasteiger partial charge < -0.3 is 20.5 Å². The Labute approximate surface area is 212 Å². The van der Waals surface area contributed by atoms with Gasteiger partial charge in [0.05, 0.1) is 29.7 Å². The molecule has 3 atom stereocenters. The van der Waals surface area contributed by atoms with Crippen LogP contribution >= 0.6 is 11.8 Å². The SMILES string of the molecule is O=C(O)CCCc1cn(-c2ccc(C(=O)COC(=O)CCCC[C@@H]3SC[C@@H]4NC(=O)N[C@@H]43)cc2)nn1. The summed E-state index contributed by atoms with van der Waals surface area (Å²) in [7, 11) is 0. The van der Waals surface area contributed by atoms with Crippen molar-refractivity contribution in [2.24, 2.45) is 0 Å². The number of carbonyl (C=O) groups excluding carboxylic acids is 3. The van der Waals surface area contributed by atoms with Gasteiger partial charge in [0.25, 0.3) is 0 Å². The Kier molecular flexibility index (Phi) is 8.57. The van der Waals surface area contributed by atoms with E-state index in [2.05, 4.69) is 20.9 Å². The van der Waals surface area contributed by atoms with Crippen LogP contribution in [0.3, 0.4) is 0 Å². The molecule has 2 aliphatic rings. The zero-order valence-corrected chi connectivity index (χ0v) is 20.5. The Morgan fingerprint density at radius 2 is 1.92 bits per heavy atom. The van der Waals surface area contributed by atoms with Crippen LogP contribution in [0, 0.1) is 0 Å². The number of carbonyl (C=O) groups is 4. The van der Waals surface area contributed by atoms with Gasteiger partial charge >= 0.3 is 18.0 Å². The van der Waals surface area contributed by atoms with Crippen molar-refractivity contribution in [1.29, 1.82) is 0 Å². The fraction of sp³-hybridized carbons (Fsp3) is 0.500. The van der Waals surface area contributed by atoms with Crippen LogP contribution in [0.4, 0.5) is 4.79 Å². The first-order valence-electron chi connectivity index (χ1n) is 12.0. The van der Waals surface area contributed by atoms with E-state index in [0.717, 1.165) is 18.6 Å². The van der Waals surface area contributed by atoms with Gasteiger partial charge in [0.1, 0.15) is 0 Å². The first-order valence-corrected chi connectivity index (χ1v) is 13.0. The lowest BCUT2D eigenvalue weighted by Gasteiger charge is -2.16. The molecule has 11 nitrogen and oxygen atoms in total. The summed E-state index contributed by atoms with van der Waals surface area (Å²) in [4.78, 5) is 46.5. The molecule has 0 radical (unpaired) electrons. The first-order chi connectivity index (χ1) is 17.4. The van der Waals surface area contributed by atoms with Crippen LogP contribution in [-0.2, 0) is 20.7 Å². The highest BCUT2D eigenvalue weighted by Crippen LogP contribution is 2.33. The van der Waals surface area contributed by atoms with Gasteiger partial charge in [-0.3, -0.25) is 14.4 Å². The molecule has 2 fully saturated rings. The fourth-order valence-corrected chi connectivity index (χ4v) is 5.86. The number of carboxylic acid groups (broad SMARTS) is 1. The molecule has 3 N–H and O–H groups in total. The number of benzene rings is 1. The van der Waals surface area contributed by atoms with Gasteiger partial charge in [0, 0.05) is 29.4 Å².